The molecule has 0 fully saturated rings. The number of carbonyl (C=O) groups excluding carboxylic acids is 2. The Morgan fingerprint density at radius 2 is 1.68 bits per heavy atom. The van der Waals surface area contributed by atoms with E-state index in [9.17, 15) is 9.59 Å². The van der Waals surface area contributed by atoms with Crippen molar-refractivity contribution in [3.63, 3.8) is 0 Å². The van der Waals surface area contributed by atoms with E-state index in [4.69, 9.17) is 25.5 Å². The molecule has 0 aliphatic carbocycles. The van der Waals surface area contributed by atoms with E-state index in [0.29, 0.717) is 27.9 Å². The molecule has 2 N–H and O–H groups in total. The van der Waals surface area contributed by atoms with Crippen LogP contribution in [0.3, 0.4) is 0 Å². The standard InChI is InChI=1S/C20H17ClN2O5/c1-26-16-7-5-12(21)10-14(16)19(24)23-15-11-13(6-8-17(15)27-2)22-20(25)18-4-3-9-28-18/h3-11H,1-2H3,(H,22,25)(H,23,24). The summed E-state index contributed by atoms with van der Waals surface area (Å²) in [7, 11) is 2.94. The lowest BCUT2D eigenvalue weighted by atomic mass is 10.1. The highest BCUT2D eigenvalue weighted by atomic mass is 35.5. The third-order valence-corrected chi connectivity index (χ3v) is 4.09. The lowest BCUT2D eigenvalue weighted by molar-refractivity contribution is 0.0994. The first-order valence-corrected chi connectivity index (χ1v) is 8.57. The van der Waals surface area contributed by atoms with Gasteiger partial charge in [-0.3, -0.25) is 9.59 Å². The largest absolute Gasteiger partial charge is 0.496 e. The molecule has 0 aliphatic heterocycles. The quantitative estimate of drug-likeness (QED) is 0.637. The summed E-state index contributed by atoms with van der Waals surface area (Å²) >= 11 is 5.99. The number of rotatable bonds is 6. The third-order valence-electron chi connectivity index (χ3n) is 3.86. The minimum absolute atomic E-state index is 0.171. The minimum atomic E-state index is -0.438. The molecule has 3 rings (SSSR count). The smallest absolute Gasteiger partial charge is 0.291 e. The Hall–Kier alpha value is -3.45. The number of carbonyl (C=O) groups is 2. The van der Waals surface area contributed by atoms with E-state index in [0.717, 1.165) is 0 Å². The van der Waals surface area contributed by atoms with Gasteiger partial charge in [0, 0.05) is 10.7 Å². The van der Waals surface area contributed by atoms with Crippen molar-refractivity contribution in [1.82, 2.24) is 0 Å². The van der Waals surface area contributed by atoms with Crippen LogP contribution < -0.4 is 20.1 Å². The van der Waals surface area contributed by atoms with Crippen molar-refractivity contribution >= 4 is 34.8 Å². The summed E-state index contributed by atoms with van der Waals surface area (Å²) in [6.07, 6.45) is 1.41. The molecule has 1 heterocycles. The number of benzene rings is 2. The Morgan fingerprint density at radius 3 is 2.36 bits per heavy atom. The second kappa shape index (κ2) is 8.49. The Balaban J connectivity index is 1.85. The molecular weight excluding hydrogens is 384 g/mol. The molecule has 1 aromatic heterocycles. The zero-order valence-electron chi connectivity index (χ0n) is 15.1. The predicted octanol–water partition coefficient (Wildman–Crippen LogP) is 4.45. The maximum absolute atomic E-state index is 12.7. The molecule has 8 heteroatoms. The first kappa shape index (κ1) is 19.3. The summed E-state index contributed by atoms with van der Waals surface area (Å²) in [4.78, 5) is 24.9. The van der Waals surface area contributed by atoms with Crippen LogP contribution in [0.2, 0.25) is 5.02 Å². The normalized spacial score (nSPS) is 10.2. The van der Waals surface area contributed by atoms with Gasteiger partial charge in [0.2, 0.25) is 0 Å². The van der Waals surface area contributed by atoms with Gasteiger partial charge in [-0.05, 0) is 48.5 Å². The molecule has 0 saturated carbocycles. The molecule has 0 unspecified atom stereocenters. The van der Waals surface area contributed by atoms with Crippen LogP contribution in [0.15, 0.2) is 59.2 Å². The summed E-state index contributed by atoms with van der Waals surface area (Å²) in [5, 5.41) is 5.85. The van der Waals surface area contributed by atoms with Gasteiger partial charge in [-0.25, -0.2) is 0 Å². The van der Waals surface area contributed by atoms with Crippen LogP contribution in [0, 0.1) is 0 Å². The summed E-state index contributed by atoms with van der Waals surface area (Å²) in [6.45, 7) is 0. The highest BCUT2D eigenvalue weighted by Crippen LogP contribution is 2.30. The van der Waals surface area contributed by atoms with Gasteiger partial charge in [0.15, 0.2) is 5.76 Å². The van der Waals surface area contributed by atoms with Crippen LogP contribution in [0.25, 0.3) is 0 Å². The van der Waals surface area contributed by atoms with Gasteiger partial charge in [0.05, 0.1) is 31.7 Å². The van der Waals surface area contributed by atoms with Crippen LogP contribution >= 0.6 is 11.6 Å². The maximum atomic E-state index is 12.7. The van der Waals surface area contributed by atoms with Crippen molar-refractivity contribution in [2.45, 2.75) is 0 Å². The van der Waals surface area contributed by atoms with E-state index < -0.39 is 11.8 Å². The Morgan fingerprint density at radius 1 is 0.929 bits per heavy atom. The number of methoxy groups -OCH3 is 2. The lowest BCUT2D eigenvalue weighted by Gasteiger charge is -2.14. The second-order valence-corrected chi connectivity index (χ2v) is 6.08. The van der Waals surface area contributed by atoms with Crippen molar-refractivity contribution in [2.75, 3.05) is 24.9 Å². The Labute approximate surface area is 166 Å². The number of halogens is 1. The molecule has 7 nitrogen and oxygen atoms in total. The highest BCUT2D eigenvalue weighted by Gasteiger charge is 2.16. The zero-order valence-corrected chi connectivity index (χ0v) is 15.9. The highest BCUT2D eigenvalue weighted by molar-refractivity contribution is 6.31. The topological polar surface area (TPSA) is 89.8 Å². The van der Waals surface area contributed by atoms with Gasteiger partial charge >= 0.3 is 0 Å². The van der Waals surface area contributed by atoms with E-state index in [2.05, 4.69) is 10.6 Å². The molecule has 2 aromatic carbocycles. The van der Waals surface area contributed by atoms with Gasteiger partial charge in [-0.1, -0.05) is 11.6 Å². The number of hydrogen-bond acceptors (Lipinski definition) is 5. The van der Waals surface area contributed by atoms with Crippen LogP contribution in [0.5, 0.6) is 11.5 Å². The van der Waals surface area contributed by atoms with E-state index in [1.165, 1.54) is 26.5 Å². The van der Waals surface area contributed by atoms with E-state index in [1.807, 2.05) is 0 Å². The molecule has 0 radical (unpaired) electrons. The van der Waals surface area contributed by atoms with Crippen LogP contribution in [0.1, 0.15) is 20.9 Å². The molecule has 0 spiro atoms. The first-order chi connectivity index (χ1) is 13.5. The maximum Gasteiger partial charge on any atom is 0.291 e. The molecule has 0 aliphatic rings. The first-order valence-electron chi connectivity index (χ1n) is 8.19. The SMILES string of the molecule is COc1ccc(NC(=O)c2ccco2)cc1NC(=O)c1cc(Cl)ccc1OC. The fourth-order valence-corrected chi connectivity index (χ4v) is 2.70. The van der Waals surface area contributed by atoms with Crippen LogP contribution in [0.4, 0.5) is 11.4 Å². The number of amides is 2. The van der Waals surface area contributed by atoms with Crippen LogP contribution in [-0.4, -0.2) is 26.0 Å². The average molecular weight is 401 g/mol. The van der Waals surface area contributed by atoms with Crippen molar-refractivity contribution in [3.05, 3.63) is 71.1 Å². The third kappa shape index (κ3) is 4.27. The molecule has 144 valence electrons. The van der Waals surface area contributed by atoms with Crippen molar-refractivity contribution in [3.8, 4) is 11.5 Å². The Bertz CT molecular complexity index is 1000. The summed E-state index contributed by atoms with van der Waals surface area (Å²) in [6, 6.07) is 12.8. The van der Waals surface area contributed by atoms with Crippen molar-refractivity contribution in [2.24, 2.45) is 0 Å². The fraction of sp³-hybridized carbons (Fsp3) is 0.100. The van der Waals surface area contributed by atoms with E-state index >= 15 is 0 Å². The number of anilines is 2. The minimum Gasteiger partial charge on any atom is -0.496 e. The average Bonchev–Trinajstić information content (AvgIpc) is 3.23. The summed E-state index contributed by atoms with van der Waals surface area (Å²) < 4.78 is 15.6. The van der Waals surface area contributed by atoms with E-state index in [1.54, 1.807) is 42.5 Å². The molecule has 0 saturated heterocycles. The lowest BCUT2D eigenvalue weighted by Crippen LogP contribution is -2.15. The molecular formula is C20H17ClN2O5. The number of nitrogens with one attached hydrogen (secondary N) is 2. The number of furan rings is 1. The summed E-state index contributed by atoms with van der Waals surface area (Å²) in [5.41, 5.74) is 1.09. The van der Waals surface area contributed by atoms with Crippen molar-refractivity contribution < 1.29 is 23.5 Å². The Kier molecular flexibility index (Phi) is 5.86. The number of ether oxygens (including phenoxy) is 2. The van der Waals surface area contributed by atoms with Gasteiger partial charge < -0.3 is 24.5 Å². The molecule has 2 amide bonds. The summed E-state index contributed by atoms with van der Waals surface area (Å²) in [5.74, 6) is 0.120. The fourth-order valence-electron chi connectivity index (χ4n) is 2.53. The van der Waals surface area contributed by atoms with Gasteiger partial charge in [-0.2, -0.15) is 0 Å². The monoisotopic (exact) mass is 400 g/mol. The van der Waals surface area contributed by atoms with Gasteiger partial charge in [0.1, 0.15) is 11.5 Å². The van der Waals surface area contributed by atoms with Gasteiger partial charge in [0.25, 0.3) is 11.8 Å². The number of hydrogen-bond donors (Lipinski definition) is 2. The van der Waals surface area contributed by atoms with Crippen molar-refractivity contribution in [1.29, 1.82) is 0 Å². The van der Waals surface area contributed by atoms with Gasteiger partial charge in [-0.15, -0.1) is 0 Å². The zero-order chi connectivity index (χ0) is 20.1. The molecule has 28 heavy (non-hydrogen) atoms. The second-order valence-electron chi connectivity index (χ2n) is 5.65. The van der Waals surface area contributed by atoms with Crippen LogP contribution in [-0.2, 0) is 0 Å². The predicted molar refractivity (Wildman–Crippen MR) is 106 cm³/mol. The van der Waals surface area contributed by atoms with E-state index in [-0.39, 0.29) is 11.3 Å². The molecule has 3 aromatic rings. The molecule has 0 atom stereocenters. The molecule has 0 bridgehead atoms.